The number of hydrogen-bond acceptors (Lipinski definition) is 4. The molecule has 0 spiro atoms. The highest BCUT2D eigenvalue weighted by Crippen LogP contribution is 2.23. The molecule has 0 radical (unpaired) electrons. The summed E-state index contributed by atoms with van der Waals surface area (Å²) >= 11 is 0. The van der Waals surface area contributed by atoms with E-state index < -0.39 is 23.9 Å². The lowest BCUT2D eigenvalue weighted by Gasteiger charge is -2.23. The number of rotatable bonds is 3. The summed E-state index contributed by atoms with van der Waals surface area (Å²) in [6.07, 6.45) is 0.433. The molecule has 7 heteroatoms. The lowest BCUT2D eigenvalue weighted by molar-refractivity contribution is -0.142. The second-order valence-electron chi connectivity index (χ2n) is 3.90. The predicted octanol–water partition coefficient (Wildman–Crippen LogP) is -0.336. The van der Waals surface area contributed by atoms with Crippen LogP contribution in [0.3, 0.4) is 0 Å². The largest absolute Gasteiger partial charge is 0.481 e. The maximum Gasteiger partial charge on any atom is 0.325 e. The van der Waals surface area contributed by atoms with Crippen molar-refractivity contribution >= 4 is 18.0 Å². The van der Waals surface area contributed by atoms with Crippen molar-refractivity contribution in [3.8, 4) is 0 Å². The van der Waals surface area contributed by atoms with Gasteiger partial charge in [-0.05, 0) is 13.3 Å². The van der Waals surface area contributed by atoms with Gasteiger partial charge in [-0.2, -0.15) is 0 Å². The predicted molar refractivity (Wildman–Crippen MR) is 57.3 cm³/mol. The molecule has 0 aromatic rings. The van der Waals surface area contributed by atoms with Gasteiger partial charge in [0.05, 0.1) is 13.0 Å². The van der Waals surface area contributed by atoms with Gasteiger partial charge in [0.1, 0.15) is 6.54 Å². The lowest BCUT2D eigenvalue weighted by Crippen LogP contribution is -2.45. The molecule has 1 rings (SSSR count). The number of carbonyl (C=O) groups is 3. The molecule has 2 unspecified atom stereocenters. The van der Waals surface area contributed by atoms with E-state index in [0.29, 0.717) is 13.0 Å². The average Bonchev–Trinajstić information content (AvgIpc) is 2.67. The molecule has 7 nitrogen and oxygen atoms in total. The summed E-state index contributed by atoms with van der Waals surface area (Å²) in [7, 11) is 1.23. The SMILES string of the molecule is COC(=O)CNC(=O)N1CCC(C(=O)O)C1C. The molecular formula is C10H16N2O5. The van der Waals surface area contributed by atoms with E-state index in [1.54, 1.807) is 6.92 Å². The number of carboxylic acid groups (broad SMARTS) is 1. The quantitative estimate of drug-likeness (QED) is 0.662. The van der Waals surface area contributed by atoms with Gasteiger partial charge in [0.15, 0.2) is 0 Å². The van der Waals surface area contributed by atoms with Gasteiger partial charge in [-0.25, -0.2) is 4.79 Å². The highest BCUT2D eigenvalue weighted by molar-refractivity contribution is 5.82. The van der Waals surface area contributed by atoms with Gasteiger partial charge in [-0.3, -0.25) is 9.59 Å². The smallest absolute Gasteiger partial charge is 0.325 e. The van der Waals surface area contributed by atoms with Crippen LogP contribution < -0.4 is 5.32 Å². The number of likely N-dealkylation sites (tertiary alicyclic amines) is 1. The fourth-order valence-corrected chi connectivity index (χ4v) is 1.88. The number of nitrogens with one attached hydrogen (secondary N) is 1. The van der Waals surface area contributed by atoms with E-state index in [-0.39, 0.29) is 12.6 Å². The minimum atomic E-state index is -0.902. The minimum absolute atomic E-state index is 0.212. The van der Waals surface area contributed by atoms with Crippen molar-refractivity contribution in [2.75, 3.05) is 20.2 Å². The van der Waals surface area contributed by atoms with Crippen molar-refractivity contribution in [3.63, 3.8) is 0 Å². The van der Waals surface area contributed by atoms with E-state index in [0.717, 1.165) is 0 Å². The Morgan fingerprint density at radius 2 is 2.12 bits per heavy atom. The molecule has 2 amide bonds. The molecular weight excluding hydrogens is 228 g/mol. The van der Waals surface area contributed by atoms with Crippen molar-refractivity contribution in [1.29, 1.82) is 0 Å². The van der Waals surface area contributed by atoms with Gasteiger partial charge in [0.2, 0.25) is 0 Å². The first-order valence-corrected chi connectivity index (χ1v) is 5.31. The maximum absolute atomic E-state index is 11.7. The Morgan fingerprint density at radius 1 is 1.47 bits per heavy atom. The molecule has 1 heterocycles. The van der Waals surface area contributed by atoms with Crippen LogP contribution in [0, 0.1) is 5.92 Å². The van der Waals surface area contributed by atoms with E-state index in [2.05, 4.69) is 10.1 Å². The topological polar surface area (TPSA) is 95.9 Å². The summed E-state index contributed by atoms with van der Waals surface area (Å²) in [6.45, 7) is 1.85. The molecule has 1 fully saturated rings. The average molecular weight is 244 g/mol. The Morgan fingerprint density at radius 3 is 2.59 bits per heavy atom. The second kappa shape index (κ2) is 5.51. The Bertz CT molecular complexity index is 331. The molecule has 2 N–H and O–H groups in total. The van der Waals surface area contributed by atoms with Gasteiger partial charge < -0.3 is 20.1 Å². The Kier molecular flexibility index (Phi) is 4.30. The number of nitrogens with zero attached hydrogens (tertiary/aromatic N) is 1. The number of methoxy groups -OCH3 is 1. The van der Waals surface area contributed by atoms with Crippen LogP contribution in [0.4, 0.5) is 4.79 Å². The number of ether oxygens (including phenoxy) is 1. The van der Waals surface area contributed by atoms with E-state index >= 15 is 0 Å². The number of aliphatic carboxylic acids is 1. The van der Waals surface area contributed by atoms with Crippen LogP contribution in [-0.2, 0) is 14.3 Å². The molecule has 0 aliphatic carbocycles. The number of urea groups is 1. The highest BCUT2D eigenvalue weighted by atomic mass is 16.5. The fraction of sp³-hybridized carbons (Fsp3) is 0.700. The fourth-order valence-electron chi connectivity index (χ4n) is 1.88. The standard InChI is InChI=1S/C10H16N2O5/c1-6-7(9(14)15)3-4-12(6)10(16)11-5-8(13)17-2/h6-7H,3-5H2,1-2H3,(H,11,16)(H,14,15). The molecule has 17 heavy (non-hydrogen) atoms. The van der Waals surface area contributed by atoms with Crippen LogP contribution in [0.5, 0.6) is 0 Å². The monoisotopic (exact) mass is 244 g/mol. The van der Waals surface area contributed by atoms with Crippen molar-refractivity contribution in [2.45, 2.75) is 19.4 Å². The summed E-state index contributed by atoms with van der Waals surface area (Å²) in [5.41, 5.74) is 0. The summed E-state index contributed by atoms with van der Waals surface area (Å²) < 4.78 is 4.38. The Balaban J connectivity index is 2.49. The molecule has 0 aromatic heterocycles. The number of esters is 1. The molecule has 1 saturated heterocycles. The Labute approximate surface area is 98.7 Å². The third kappa shape index (κ3) is 3.08. The van der Waals surface area contributed by atoms with E-state index in [1.807, 2.05) is 0 Å². The van der Waals surface area contributed by atoms with Crippen LogP contribution in [0.2, 0.25) is 0 Å². The maximum atomic E-state index is 11.7. The lowest BCUT2D eigenvalue weighted by atomic mass is 10.0. The molecule has 0 bridgehead atoms. The summed E-state index contributed by atoms with van der Waals surface area (Å²) in [5.74, 6) is -1.99. The molecule has 96 valence electrons. The van der Waals surface area contributed by atoms with Crippen molar-refractivity contribution in [3.05, 3.63) is 0 Å². The third-order valence-corrected chi connectivity index (χ3v) is 2.94. The number of amides is 2. The van der Waals surface area contributed by atoms with Crippen LogP contribution >= 0.6 is 0 Å². The summed E-state index contributed by atoms with van der Waals surface area (Å²) in [5, 5.41) is 11.3. The van der Waals surface area contributed by atoms with E-state index in [1.165, 1.54) is 12.0 Å². The molecule has 2 atom stereocenters. The zero-order valence-electron chi connectivity index (χ0n) is 9.80. The van der Waals surface area contributed by atoms with E-state index in [4.69, 9.17) is 5.11 Å². The number of carboxylic acids is 1. The van der Waals surface area contributed by atoms with Crippen LogP contribution in [0.1, 0.15) is 13.3 Å². The van der Waals surface area contributed by atoms with Crippen LogP contribution in [0.25, 0.3) is 0 Å². The van der Waals surface area contributed by atoms with Crippen molar-refractivity contribution < 1.29 is 24.2 Å². The Hall–Kier alpha value is -1.79. The zero-order chi connectivity index (χ0) is 13.0. The molecule has 1 aliphatic rings. The van der Waals surface area contributed by atoms with Gasteiger partial charge in [-0.1, -0.05) is 0 Å². The minimum Gasteiger partial charge on any atom is -0.481 e. The molecule has 0 saturated carbocycles. The summed E-state index contributed by atoms with van der Waals surface area (Å²) in [6, 6.07) is -0.809. The van der Waals surface area contributed by atoms with Crippen molar-refractivity contribution in [2.24, 2.45) is 5.92 Å². The van der Waals surface area contributed by atoms with Gasteiger partial charge in [0, 0.05) is 12.6 Å². The summed E-state index contributed by atoms with van der Waals surface area (Å²) in [4.78, 5) is 34.8. The van der Waals surface area contributed by atoms with Crippen molar-refractivity contribution in [1.82, 2.24) is 10.2 Å². The third-order valence-electron chi connectivity index (χ3n) is 2.94. The van der Waals surface area contributed by atoms with E-state index in [9.17, 15) is 14.4 Å². The first-order valence-electron chi connectivity index (χ1n) is 5.31. The van der Waals surface area contributed by atoms with Gasteiger partial charge >= 0.3 is 18.0 Å². The number of hydrogen-bond donors (Lipinski definition) is 2. The zero-order valence-corrected chi connectivity index (χ0v) is 9.80. The normalized spacial score (nSPS) is 23.3. The first kappa shape index (κ1) is 13.3. The first-order chi connectivity index (χ1) is 7.97. The van der Waals surface area contributed by atoms with Crippen LogP contribution in [0.15, 0.2) is 0 Å². The van der Waals surface area contributed by atoms with Gasteiger partial charge in [0.25, 0.3) is 0 Å². The molecule has 1 aliphatic heterocycles. The highest BCUT2D eigenvalue weighted by Gasteiger charge is 2.38. The second-order valence-corrected chi connectivity index (χ2v) is 3.90. The number of carbonyl (C=O) groups excluding carboxylic acids is 2. The molecule has 0 aromatic carbocycles. The van der Waals surface area contributed by atoms with Crippen LogP contribution in [-0.4, -0.2) is 54.2 Å². The van der Waals surface area contributed by atoms with Gasteiger partial charge in [-0.15, -0.1) is 0 Å².